The van der Waals surface area contributed by atoms with Crippen molar-refractivity contribution in [2.24, 2.45) is 5.73 Å². The van der Waals surface area contributed by atoms with Crippen LogP contribution in [0.3, 0.4) is 0 Å². The van der Waals surface area contributed by atoms with Crippen LogP contribution >= 0.6 is 0 Å². The van der Waals surface area contributed by atoms with E-state index in [9.17, 15) is 43.2 Å². The molecule has 260 valence electrons. The Morgan fingerprint density at radius 3 is 1.94 bits per heavy atom. The average Bonchev–Trinajstić information content (AvgIpc) is 3.52. The second kappa shape index (κ2) is 19.7. The molecule has 0 fully saturated rings. The molecule has 1 rings (SSSR count). The molecule has 22 nitrogen and oxygen atoms in total. The number of nitrogens with one attached hydrogen (secondary N) is 7. The van der Waals surface area contributed by atoms with Crippen molar-refractivity contribution < 1.29 is 63.6 Å². The van der Waals surface area contributed by atoms with Crippen LogP contribution in [0.15, 0.2) is 12.5 Å². The standard InChI is InChI=1S/C25H37N9O13/c1-11(30-18(37)8-28-22(43)14(31-17(36)6-26)4-12-7-27-10-29-12)21(42)32-13(2-3-19(38)39)23(44)33-15(5-20(40)41)24(45)34-16(9-35)25(46)47/h7,10-11,13-16,35H,2-6,8-9,26H2,1H3,(H,27,29)(H,28,43)(H,30,37)(H,31,36)(H,32,42)(H,33,44)(H,34,45)(H,38,39)(H,40,41)(H,46,47)/t11-,13-,14-,15-,16-/m0/s1. The van der Waals surface area contributed by atoms with Crippen molar-refractivity contribution >= 4 is 53.4 Å². The van der Waals surface area contributed by atoms with Gasteiger partial charge in [-0.25, -0.2) is 9.78 Å². The second-order valence-corrected chi connectivity index (χ2v) is 9.85. The van der Waals surface area contributed by atoms with Crippen LogP contribution < -0.4 is 37.6 Å². The number of aliphatic carboxylic acids is 3. The molecule has 22 heteroatoms. The molecule has 0 unspecified atom stereocenters. The number of amides is 6. The number of hydrogen-bond donors (Lipinski definition) is 12. The van der Waals surface area contributed by atoms with E-state index < -0.39 is 123 Å². The van der Waals surface area contributed by atoms with Crippen LogP contribution in [0.5, 0.6) is 0 Å². The largest absolute Gasteiger partial charge is 0.481 e. The molecule has 47 heavy (non-hydrogen) atoms. The number of H-pyrrole nitrogens is 1. The summed E-state index contributed by atoms with van der Waals surface area (Å²) in [5, 5.41) is 49.3. The minimum Gasteiger partial charge on any atom is -0.481 e. The van der Waals surface area contributed by atoms with Gasteiger partial charge in [0, 0.05) is 24.7 Å². The van der Waals surface area contributed by atoms with Crippen LogP contribution in [-0.2, 0) is 49.6 Å². The fourth-order valence-electron chi connectivity index (χ4n) is 3.67. The summed E-state index contributed by atoms with van der Waals surface area (Å²) >= 11 is 0. The first kappa shape index (κ1) is 39.4. The van der Waals surface area contributed by atoms with E-state index in [-0.39, 0.29) is 6.42 Å². The van der Waals surface area contributed by atoms with Gasteiger partial charge in [-0.3, -0.25) is 38.4 Å². The van der Waals surface area contributed by atoms with E-state index in [4.69, 9.17) is 26.2 Å². The lowest BCUT2D eigenvalue weighted by atomic mass is 10.1. The van der Waals surface area contributed by atoms with E-state index in [2.05, 4.69) is 31.2 Å². The fourth-order valence-corrected chi connectivity index (χ4v) is 3.67. The quantitative estimate of drug-likeness (QED) is 0.0578. The Balaban J connectivity index is 2.89. The van der Waals surface area contributed by atoms with Crippen molar-refractivity contribution in [2.45, 2.75) is 62.8 Å². The molecule has 0 saturated heterocycles. The third-order valence-corrected chi connectivity index (χ3v) is 6.10. The van der Waals surface area contributed by atoms with E-state index in [1.807, 2.05) is 10.6 Å². The monoisotopic (exact) mass is 671 g/mol. The number of rotatable bonds is 21. The number of imidazole rings is 1. The Morgan fingerprint density at radius 2 is 1.40 bits per heavy atom. The molecule has 0 aliphatic rings. The molecule has 0 aromatic carbocycles. The number of hydrogen-bond acceptors (Lipinski definition) is 12. The van der Waals surface area contributed by atoms with Crippen molar-refractivity contribution in [2.75, 3.05) is 19.7 Å². The average molecular weight is 672 g/mol. The third-order valence-electron chi connectivity index (χ3n) is 6.10. The van der Waals surface area contributed by atoms with Gasteiger partial charge >= 0.3 is 17.9 Å². The van der Waals surface area contributed by atoms with E-state index in [1.165, 1.54) is 19.4 Å². The molecule has 0 saturated carbocycles. The predicted octanol–water partition coefficient (Wildman–Crippen LogP) is -6.11. The Bertz CT molecular complexity index is 1310. The van der Waals surface area contributed by atoms with Crippen molar-refractivity contribution in [1.82, 2.24) is 41.9 Å². The molecule has 0 radical (unpaired) electrons. The number of carboxylic acid groups (broad SMARTS) is 3. The zero-order chi connectivity index (χ0) is 35.7. The number of nitrogens with two attached hydrogens (primary N) is 1. The smallest absolute Gasteiger partial charge is 0.328 e. The molecule has 1 aromatic heterocycles. The normalized spacial score (nSPS) is 13.8. The van der Waals surface area contributed by atoms with Crippen LogP contribution in [-0.4, -0.2) is 134 Å². The van der Waals surface area contributed by atoms with Gasteiger partial charge in [0.1, 0.15) is 30.2 Å². The molecule has 1 heterocycles. The maximum atomic E-state index is 12.9. The molecular weight excluding hydrogens is 634 g/mol. The van der Waals surface area contributed by atoms with Crippen LogP contribution in [0.1, 0.15) is 31.9 Å². The van der Waals surface area contributed by atoms with Gasteiger partial charge in [0.2, 0.25) is 35.4 Å². The van der Waals surface area contributed by atoms with Gasteiger partial charge in [-0.2, -0.15) is 0 Å². The van der Waals surface area contributed by atoms with Gasteiger partial charge in [0.15, 0.2) is 0 Å². The summed E-state index contributed by atoms with van der Waals surface area (Å²) in [6.07, 6.45) is 0.476. The lowest BCUT2D eigenvalue weighted by molar-refractivity contribution is -0.144. The Morgan fingerprint density at radius 1 is 0.787 bits per heavy atom. The molecule has 13 N–H and O–H groups in total. The topological polar surface area (TPSA) is 361 Å². The number of nitrogens with zero attached hydrogens (tertiary/aromatic N) is 1. The SMILES string of the molecule is C[C@H](NC(=O)CNC(=O)[C@H](Cc1cnc[nH]1)NC(=O)CN)C(=O)N[C@@H](CCC(=O)O)C(=O)N[C@@H](CC(=O)O)C(=O)N[C@@H](CO)C(=O)O. The molecular formula is C25H37N9O13. The van der Waals surface area contributed by atoms with Gasteiger partial charge in [0.05, 0.1) is 32.4 Å². The number of aliphatic hydroxyl groups is 1. The lowest BCUT2D eigenvalue weighted by Crippen LogP contribution is -2.58. The minimum absolute atomic E-state index is 0.0195. The van der Waals surface area contributed by atoms with Gasteiger partial charge in [-0.05, 0) is 13.3 Å². The minimum atomic E-state index is -1.90. The van der Waals surface area contributed by atoms with E-state index >= 15 is 0 Å². The number of carbonyl (C=O) groups is 9. The van der Waals surface area contributed by atoms with E-state index in [0.717, 1.165) is 0 Å². The Labute approximate surface area is 265 Å². The number of aromatic nitrogens is 2. The molecule has 0 aliphatic carbocycles. The summed E-state index contributed by atoms with van der Waals surface area (Å²) in [4.78, 5) is 115. The van der Waals surface area contributed by atoms with Crippen molar-refractivity contribution in [3.05, 3.63) is 18.2 Å². The van der Waals surface area contributed by atoms with E-state index in [1.54, 1.807) is 0 Å². The first-order valence-electron chi connectivity index (χ1n) is 13.8. The summed E-state index contributed by atoms with van der Waals surface area (Å²) in [5.74, 6) is -10.5. The number of carboxylic acids is 3. The molecule has 6 amide bonds. The van der Waals surface area contributed by atoms with Crippen LogP contribution in [0, 0.1) is 0 Å². The summed E-state index contributed by atoms with van der Waals surface area (Å²) in [6, 6.07) is -7.93. The molecule has 0 aliphatic heterocycles. The van der Waals surface area contributed by atoms with Gasteiger partial charge in [0.25, 0.3) is 0 Å². The fraction of sp³-hybridized carbons (Fsp3) is 0.520. The summed E-state index contributed by atoms with van der Waals surface area (Å²) in [5.41, 5.74) is 5.77. The third kappa shape index (κ3) is 14.8. The van der Waals surface area contributed by atoms with Gasteiger partial charge in [-0.15, -0.1) is 0 Å². The molecule has 0 bridgehead atoms. The number of aromatic amines is 1. The highest BCUT2D eigenvalue weighted by atomic mass is 16.4. The van der Waals surface area contributed by atoms with Gasteiger partial charge in [-0.1, -0.05) is 0 Å². The van der Waals surface area contributed by atoms with Crippen LogP contribution in [0.25, 0.3) is 0 Å². The van der Waals surface area contributed by atoms with Crippen molar-refractivity contribution in [3.8, 4) is 0 Å². The molecule has 5 atom stereocenters. The zero-order valence-corrected chi connectivity index (χ0v) is 25.0. The van der Waals surface area contributed by atoms with Crippen LogP contribution in [0.2, 0.25) is 0 Å². The predicted molar refractivity (Wildman–Crippen MR) is 154 cm³/mol. The number of carbonyl (C=O) groups excluding carboxylic acids is 6. The second-order valence-electron chi connectivity index (χ2n) is 9.85. The van der Waals surface area contributed by atoms with E-state index in [0.29, 0.717) is 5.69 Å². The first-order valence-corrected chi connectivity index (χ1v) is 13.8. The maximum absolute atomic E-state index is 12.9. The Hall–Kier alpha value is -5.64. The summed E-state index contributed by atoms with van der Waals surface area (Å²) < 4.78 is 0. The summed E-state index contributed by atoms with van der Waals surface area (Å²) in [6.45, 7) is -0.941. The maximum Gasteiger partial charge on any atom is 0.328 e. The van der Waals surface area contributed by atoms with Crippen molar-refractivity contribution in [1.29, 1.82) is 0 Å². The molecule has 1 aromatic rings. The molecule has 0 spiro atoms. The van der Waals surface area contributed by atoms with Gasteiger partial charge < -0.3 is 63.0 Å². The highest BCUT2D eigenvalue weighted by Crippen LogP contribution is 2.03. The zero-order valence-electron chi connectivity index (χ0n) is 25.0. The lowest BCUT2D eigenvalue weighted by Gasteiger charge is -2.24. The summed E-state index contributed by atoms with van der Waals surface area (Å²) in [7, 11) is 0. The number of aliphatic hydroxyl groups excluding tert-OH is 1. The first-order chi connectivity index (χ1) is 22.1. The highest BCUT2D eigenvalue weighted by molar-refractivity contribution is 5.97. The Kier molecular flexibility index (Phi) is 16.5. The van der Waals surface area contributed by atoms with Crippen molar-refractivity contribution in [3.63, 3.8) is 0 Å². The highest BCUT2D eigenvalue weighted by Gasteiger charge is 2.32. The van der Waals surface area contributed by atoms with Crippen LogP contribution in [0.4, 0.5) is 0 Å².